The largest absolute Gasteiger partial charge is 0.494 e. The van der Waals surface area contributed by atoms with E-state index in [4.69, 9.17) is 22.1 Å². The first-order chi connectivity index (χ1) is 11.1. The number of hydrogen-bond donors (Lipinski definition) is 4. The van der Waals surface area contributed by atoms with Gasteiger partial charge in [0.1, 0.15) is 17.4 Å². The minimum atomic E-state index is -1.21. The number of aromatic nitrogens is 1. The molecule has 9 nitrogen and oxygen atoms in total. The maximum Gasteiger partial charge on any atom is 0.234 e. The van der Waals surface area contributed by atoms with Crippen LogP contribution >= 0.6 is 11.6 Å². The minimum Gasteiger partial charge on any atom is -0.494 e. The molecule has 1 amide bonds. The second-order valence-electron chi connectivity index (χ2n) is 5.08. The summed E-state index contributed by atoms with van der Waals surface area (Å²) in [6.45, 7) is 0.982. The molecule has 0 saturated carbocycles. The van der Waals surface area contributed by atoms with E-state index in [2.05, 4.69) is 26.1 Å². The molecule has 0 bridgehead atoms. The molecule has 0 spiro atoms. The van der Waals surface area contributed by atoms with Gasteiger partial charge in [-0.2, -0.15) is 0 Å². The molecule has 5 N–H and O–H groups in total. The molecule has 1 aromatic rings. The van der Waals surface area contributed by atoms with Gasteiger partial charge in [0, 0.05) is 25.4 Å². The fourth-order valence-electron chi connectivity index (χ4n) is 2.35. The van der Waals surface area contributed by atoms with Gasteiger partial charge in [0.25, 0.3) is 0 Å². The zero-order valence-corrected chi connectivity index (χ0v) is 13.3. The topological polar surface area (TPSA) is 131 Å². The van der Waals surface area contributed by atoms with E-state index in [9.17, 15) is 9.70 Å². The quantitative estimate of drug-likeness (QED) is 0.416. The van der Waals surface area contributed by atoms with E-state index in [-0.39, 0.29) is 5.38 Å². The molecule has 1 aromatic heterocycles. The molecule has 1 saturated heterocycles. The average molecular weight is 343 g/mol. The van der Waals surface area contributed by atoms with E-state index < -0.39 is 24.2 Å². The van der Waals surface area contributed by atoms with Crippen molar-refractivity contribution in [3.05, 3.63) is 23.4 Å². The lowest BCUT2D eigenvalue weighted by Gasteiger charge is -2.34. The van der Waals surface area contributed by atoms with Crippen LogP contribution in [0, 0.1) is 10.8 Å². The summed E-state index contributed by atoms with van der Waals surface area (Å²) in [5, 5.41) is 11.5. The predicted molar refractivity (Wildman–Crippen MR) is 86.1 cm³/mol. The second kappa shape index (κ2) is 8.16. The molecule has 126 valence electrons. The van der Waals surface area contributed by atoms with Gasteiger partial charge in [0.15, 0.2) is 6.17 Å². The summed E-state index contributed by atoms with van der Waals surface area (Å²) in [6, 6.07) is 1.61. The third-order valence-electron chi connectivity index (χ3n) is 3.53. The zero-order valence-electron chi connectivity index (χ0n) is 12.5. The number of anilines is 1. The lowest BCUT2D eigenvalue weighted by Crippen LogP contribution is -2.62. The lowest BCUT2D eigenvalue weighted by atomic mass is 10.00. The van der Waals surface area contributed by atoms with Crippen molar-refractivity contribution in [1.82, 2.24) is 15.6 Å². The van der Waals surface area contributed by atoms with Crippen LogP contribution < -0.4 is 26.4 Å². The Morgan fingerprint density at radius 1 is 1.57 bits per heavy atom. The van der Waals surface area contributed by atoms with Crippen molar-refractivity contribution in [1.29, 1.82) is 0 Å². The third-order valence-corrected chi connectivity index (χ3v) is 3.84. The number of pyridine rings is 1. The molecule has 2 atom stereocenters. The number of nitroso groups, excluding NO2 is 1. The minimum absolute atomic E-state index is 0.103. The highest BCUT2D eigenvalue weighted by molar-refractivity contribution is 6.21. The van der Waals surface area contributed by atoms with Gasteiger partial charge in [-0.25, -0.2) is 0 Å². The number of methoxy groups -OCH3 is 1. The van der Waals surface area contributed by atoms with Gasteiger partial charge < -0.3 is 15.8 Å². The summed E-state index contributed by atoms with van der Waals surface area (Å²) >= 11 is 5.98. The zero-order chi connectivity index (χ0) is 16.8. The molecule has 0 aromatic carbocycles. The van der Waals surface area contributed by atoms with Gasteiger partial charge in [0.05, 0.1) is 24.8 Å². The molecule has 23 heavy (non-hydrogen) atoms. The molecule has 1 aliphatic heterocycles. The molecule has 2 heterocycles. The first kappa shape index (κ1) is 17.5. The summed E-state index contributed by atoms with van der Waals surface area (Å²) in [7, 11) is 1.48. The van der Waals surface area contributed by atoms with Crippen LogP contribution in [-0.4, -0.2) is 48.8 Å². The number of rotatable bonds is 6. The van der Waals surface area contributed by atoms with Crippen molar-refractivity contribution < 1.29 is 9.53 Å². The van der Waals surface area contributed by atoms with Gasteiger partial charge in [-0.1, -0.05) is 5.18 Å². The monoisotopic (exact) mass is 342 g/mol. The summed E-state index contributed by atoms with van der Waals surface area (Å²) in [5.74, 6) is -0.937. The molecule has 0 aliphatic carbocycles. The lowest BCUT2D eigenvalue weighted by molar-refractivity contribution is -0.121. The van der Waals surface area contributed by atoms with E-state index in [1.807, 2.05) is 0 Å². The van der Waals surface area contributed by atoms with E-state index in [0.29, 0.717) is 24.5 Å². The summed E-state index contributed by atoms with van der Waals surface area (Å²) < 4.78 is 5.15. The van der Waals surface area contributed by atoms with Crippen molar-refractivity contribution >= 4 is 23.2 Å². The third kappa shape index (κ3) is 4.35. The van der Waals surface area contributed by atoms with Crippen molar-refractivity contribution in [3.8, 4) is 5.75 Å². The van der Waals surface area contributed by atoms with Crippen molar-refractivity contribution in [2.24, 2.45) is 16.8 Å². The number of nitrogens with two attached hydrogens (primary N) is 1. The van der Waals surface area contributed by atoms with Gasteiger partial charge in [-0.15, -0.1) is 16.5 Å². The molecule has 10 heteroatoms. The fourth-order valence-corrected chi connectivity index (χ4v) is 2.52. The number of hydrogen-bond acceptors (Lipinski definition) is 8. The van der Waals surface area contributed by atoms with Crippen molar-refractivity contribution in [2.45, 2.75) is 17.7 Å². The van der Waals surface area contributed by atoms with Crippen LogP contribution in [0.1, 0.15) is 0 Å². The van der Waals surface area contributed by atoms with Crippen LogP contribution in [0.3, 0.4) is 0 Å². The van der Waals surface area contributed by atoms with E-state index >= 15 is 0 Å². The number of carbonyl (C=O) groups excluding carboxylic acids is 1. The van der Waals surface area contributed by atoms with Gasteiger partial charge in [-0.3, -0.25) is 20.4 Å². The first-order valence-corrected chi connectivity index (χ1v) is 7.48. The van der Waals surface area contributed by atoms with Crippen molar-refractivity contribution in [3.63, 3.8) is 0 Å². The van der Waals surface area contributed by atoms with Crippen LogP contribution in [0.25, 0.3) is 0 Å². The molecule has 1 fully saturated rings. The highest BCUT2D eigenvalue weighted by Crippen LogP contribution is 2.23. The normalized spacial score (nSPS) is 23.6. The second-order valence-corrected chi connectivity index (χ2v) is 5.70. The van der Waals surface area contributed by atoms with Crippen LogP contribution in [0.15, 0.2) is 23.6 Å². The summed E-state index contributed by atoms with van der Waals surface area (Å²) in [6.07, 6.45) is 1.26. The number of amides is 1. The SMILES string of the molecule is COc1ccncc1NC(=O)C(C(N)N=O)C1NCC(Cl)CN1. The number of alkyl halides is 1. The smallest absolute Gasteiger partial charge is 0.234 e. The Morgan fingerprint density at radius 2 is 2.26 bits per heavy atom. The van der Waals surface area contributed by atoms with Crippen LogP contribution in [0.2, 0.25) is 0 Å². The number of ether oxygens (including phenoxy) is 1. The van der Waals surface area contributed by atoms with Gasteiger partial charge in [0.2, 0.25) is 5.91 Å². The summed E-state index contributed by atoms with van der Waals surface area (Å²) in [5.41, 5.74) is 6.09. The Labute approximate surface area is 138 Å². The Kier molecular flexibility index (Phi) is 6.22. The number of carbonyl (C=O) groups is 1. The first-order valence-electron chi connectivity index (χ1n) is 7.04. The van der Waals surface area contributed by atoms with Crippen LogP contribution in [-0.2, 0) is 4.79 Å². The molecule has 1 aliphatic rings. The molecule has 0 radical (unpaired) electrons. The van der Waals surface area contributed by atoms with Gasteiger partial charge >= 0.3 is 0 Å². The molecular formula is C13H19ClN6O3. The number of nitrogens with one attached hydrogen (secondary N) is 3. The van der Waals surface area contributed by atoms with Gasteiger partial charge in [-0.05, 0) is 0 Å². The Balaban J connectivity index is 2.15. The Bertz CT molecular complexity index is 552. The van der Waals surface area contributed by atoms with Crippen LogP contribution in [0.5, 0.6) is 5.75 Å². The number of halogens is 1. The predicted octanol–water partition coefficient (Wildman–Crippen LogP) is -0.178. The molecular weight excluding hydrogens is 324 g/mol. The maximum atomic E-state index is 12.6. The average Bonchev–Trinajstić information content (AvgIpc) is 2.57. The van der Waals surface area contributed by atoms with Crippen molar-refractivity contribution in [2.75, 3.05) is 25.5 Å². The Hall–Kier alpha value is -1.81. The van der Waals surface area contributed by atoms with Crippen LogP contribution in [0.4, 0.5) is 5.69 Å². The van der Waals surface area contributed by atoms with E-state index in [1.54, 1.807) is 6.07 Å². The fraction of sp³-hybridized carbons (Fsp3) is 0.538. The molecule has 2 rings (SSSR count). The highest BCUT2D eigenvalue weighted by atomic mass is 35.5. The van der Waals surface area contributed by atoms with E-state index in [1.165, 1.54) is 19.5 Å². The number of nitrogens with zero attached hydrogens (tertiary/aromatic N) is 2. The highest BCUT2D eigenvalue weighted by Gasteiger charge is 2.37. The Morgan fingerprint density at radius 3 is 2.87 bits per heavy atom. The standard InChI is InChI=1S/C13H19ClN6O3/c1-23-9-2-3-16-6-8(9)19-13(21)10(11(15)20-22)12-17-4-7(14)5-18-12/h2-3,6-7,10-12,17-18H,4-5,15H2,1H3,(H,19,21). The maximum absolute atomic E-state index is 12.6. The molecule has 2 unspecified atom stereocenters. The summed E-state index contributed by atoms with van der Waals surface area (Å²) in [4.78, 5) is 27.4. The van der Waals surface area contributed by atoms with E-state index in [0.717, 1.165) is 0 Å².